The van der Waals surface area contributed by atoms with Crippen molar-refractivity contribution >= 4 is 27.0 Å². The second kappa shape index (κ2) is 2.52. The molecule has 0 saturated carbocycles. The van der Waals surface area contributed by atoms with E-state index in [4.69, 9.17) is 0 Å². The number of aromatic nitrogens is 2. The van der Waals surface area contributed by atoms with Crippen molar-refractivity contribution in [2.24, 2.45) is 0 Å². The Balaban J connectivity index is 2.93. The van der Waals surface area contributed by atoms with E-state index in [0.717, 1.165) is 0 Å². The van der Waals surface area contributed by atoms with Crippen LogP contribution in [-0.4, -0.2) is 9.97 Å². The van der Waals surface area contributed by atoms with Crippen molar-refractivity contribution in [2.75, 3.05) is 0 Å². The number of nitrogens with zero attached hydrogens (tertiary/aromatic N) is 1. The van der Waals surface area contributed by atoms with E-state index in [0.29, 0.717) is 9.99 Å². The molecule has 1 heterocycles. The molecule has 2 aromatic rings. The normalized spacial score (nSPS) is 10.9. The quantitative estimate of drug-likeness (QED) is 0.744. The lowest BCUT2D eigenvalue weighted by atomic mass is 10.3. The summed E-state index contributed by atoms with van der Waals surface area (Å²) in [4.78, 5) is 5.65. The highest BCUT2D eigenvalue weighted by Crippen LogP contribution is 2.23. The number of halogens is 3. The Morgan fingerprint density at radius 2 is 2.08 bits per heavy atom. The molecule has 0 bridgehead atoms. The highest BCUT2D eigenvalue weighted by Gasteiger charge is 2.09. The van der Waals surface area contributed by atoms with Crippen molar-refractivity contribution in [3.63, 3.8) is 0 Å². The molecule has 62 valence electrons. The van der Waals surface area contributed by atoms with Crippen molar-refractivity contribution in [1.29, 1.82) is 0 Å². The second-order valence-corrected chi connectivity index (χ2v) is 3.13. The van der Waals surface area contributed by atoms with Gasteiger partial charge in [-0.3, -0.25) is 0 Å². The van der Waals surface area contributed by atoms with Gasteiger partial charge >= 0.3 is 0 Å². The first-order valence-corrected chi connectivity index (χ1v) is 3.97. The Labute approximate surface area is 74.7 Å². The maximum absolute atomic E-state index is 12.9. The molecule has 0 fully saturated rings. The number of benzene rings is 1. The van der Waals surface area contributed by atoms with E-state index in [1.165, 1.54) is 12.1 Å². The number of hydrogen-bond donors (Lipinski definition) is 1. The van der Waals surface area contributed by atoms with Crippen LogP contribution in [0.3, 0.4) is 0 Å². The number of H-pyrrole nitrogens is 1. The average molecular weight is 233 g/mol. The topological polar surface area (TPSA) is 28.7 Å². The predicted molar refractivity (Wildman–Crippen MR) is 43.7 cm³/mol. The zero-order valence-electron chi connectivity index (χ0n) is 5.74. The number of hydrogen-bond acceptors (Lipinski definition) is 1. The molecule has 12 heavy (non-hydrogen) atoms. The first-order chi connectivity index (χ1) is 5.68. The number of aromatic amines is 1. The van der Waals surface area contributed by atoms with Crippen LogP contribution in [-0.2, 0) is 0 Å². The largest absolute Gasteiger partial charge is 0.313 e. The second-order valence-electron chi connectivity index (χ2n) is 2.28. The van der Waals surface area contributed by atoms with Gasteiger partial charge in [0.15, 0.2) is 5.82 Å². The Kier molecular flexibility index (Phi) is 1.61. The minimum atomic E-state index is -0.782. The molecule has 0 unspecified atom stereocenters. The first kappa shape index (κ1) is 7.67. The number of rotatable bonds is 0. The molecular formula is C7H3BrF2N2. The fraction of sp³-hybridized carbons (Fsp3) is 0. The average Bonchev–Trinajstić information content (AvgIpc) is 2.41. The Morgan fingerprint density at radius 1 is 1.33 bits per heavy atom. The molecule has 0 saturated heterocycles. The third kappa shape index (κ3) is 1.01. The summed E-state index contributed by atoms with van der Waals surface area (Å²) in [5.74, 6) is -0.534. The molecule has 2 nitrogen and oxygen atoms in total. The third-order valence-corrected chi connectivity index (χ3v) is 2.18. The van der Waals surface area contributed by atoms with Crippen molar-refractivity contribution < 1.29 is 8.78 Å². The molecule has 2 rings (SSSR count). The van der Waals surface area contributed by atoms with Gasteiger partial charge < -0.3 is 4.98 Å². The summed E-state index contributed by atoms with van der Waals surface area (Å²) in [5, 5.41) is 0. The molecular weight excluding hydrogens is 230 g/mol. The van der Waals surface area contributed by atoms with Gasteiger partial charge in [-0.15, -0.1) is 0 Å². The maximum atomic E-state index is 12.9. The van der Waals surface area contributed by atoms with Crippen LogP contribution in [0.5, 0.6) is 0 Å². The Morgan fingerprint density at radius 3 is 2.75 bits per heavy atom. The lowest BCUT2D eigenvalue weighted by molar-refractivity contribution is 0.554. The molecule has 0 spiro atoms. The SMILES string of the molecule is Fc1nc2c(F)ccc(Br)c2[nH]1. The van der Waals surface area contributed by atoms with E-state index in [1.807, 2.05) is 0 Å². The Bertz CT molecular complexity index is 399. The summed E-state index contributed by atoms with van der Waals surface area (Å²) >= 11 is 3.14. The predicted octanol–water partition coefficient (Wildman–Crippen LogP) is 2.60. The molecule has 0 radical (unpaired) electrons. The van der Waals surface area contributed by atoms with Gasteiger partial charge in [0.05, 0.1) is 5.52 Å². The van der Waals surface area contributed by atoms with Crippen LogP contribution < -0.4 is 0 Å². The molecule has 0 amide bonds. The minimum absolute atomic E-state index is 0.0156. The van der Waals surface area contributed by atoms with Crippen LogP contribution in [0.1, 0.15) is 0 Å². The van der Waals surface area contributed by atoms with Gasteiger partial charge in [0.2, 0.25) is 0 Å². The van der Waals surface area contributed by atoms with Gasteiger partial charge in [-0.05, 0) is 28.1 Å². The van der Waals surface area contributed by atoms with E-state index in [2.05, 4.69) is 25.9 Å². The van der Waals surface area contributed by atoms with Crippen LogP contribution in [0.15, 0.2) is 16.6 Å². The first-order valence-electron chi connectivity index (χ1n) is 3.17. The van der Waals surface area contributed by atoms with Gasteiger partial charge in [-0.2, -0.15) is 9.37 Å². The fourth-order valence-electron chi connectivity index (χ4n) is 0.999. The molecule has 1 aromatic heterocycles. The van der Waals surface area contributed by atoms with Gasteiger partial charge in [0.25, 0.3) is 6.08 Å². The monoisotopic (exact) mass is 232 g/mol. The highest BCUT2D eigenvalue weighted by molar-refractivity contribution is 9.10. The highest BCUT2D eigenvalue weighted by atomic mass is 79.9. The minimum Gasteiger partial charge on any atom is -0.313 e. The van der Waals surface area contributed by atoms with Gasteiger partial charge in [0.1, 0.15) is 5.52 Å². The van der Waals surface area contributed by atoms with Crippen LogP contribution in [0, 0.1) is 11.9 Å². The summed E-state index contributed by atoms with van der Waals surface area (Å²) in [7, 11) is 0. The molecule has 1 N–H and O–H groups in total. The van der Waals surface area contributed by atoms with Crippen molar-refractivity contribution in [3.8, 4) is 0 Å². The molecule has 0 atom stereocenters. The van der Waals surface area contributed by atoms with Crippen molar-refractivity contribution in [3.05, 3.63) is 28.5 Å². The lowest BCUT2D eigenvalue weighted by Gasteiger charge is -1.92. The van der Waals surface area contributed by atoms with Gasteiger partial charge in [-0.25, -0.2) is 4.39 Å². The molecule has 1 aromatic carbocycles. The molecule has 5 heteroatoms. The van der Waals surface area contributed by atoms with Crippen LogP contribution >= 0.6 is 15.9 Å². The number of imidazole rings is 1. The molecule has 0 aliphatic rings. The summed E-state index contributed by atoms with van der Waals surface area (Å²) in [6, 6.07) is 2.72. The lowest BCUT2D eigenvalue weighted by Crippen LogP contribution is -1.78. The summed E-state index contributed by atoms with van der Waals surface area (Å²) in [5.41, 5.74) is 0.356. The van der Waals surface area contributed by atoms with Crippen molar-refractivity contribution in [2.45, 2.75) is 0 Å². The van der Waals surface area contributed by atoms with E-state index < -0.39 is 11.9 Å². The molecule has 0 aliphatic heterocycles. The van der Waals surface area contributed by atoms with Gasteiger partial charge in [-0.1, -0.05) is 0 Å². The maximum Gasteiger partial charge on any atom is 0.287 e. The number of fused-ring (bicyclic) bond motifs is 1. The number of nitrogens with one attached hydrogen (secondary N) is 1. The van der Waals surface area contributed by atoms with Crippen LogP contribution in [0.4, 0.5) is 8.78 Å². The van der Waals surface area contributed by atoms with Crippen LogP contribution in [0.25, 0.3) is 11.0 Å². The summed E-state index contributed by atoms with van der Waals surface area (Å²) in [6.07, 6.45) is -0.782. The van der Waals surface area contributed by atoms with Crippen molar-refractivity contribution in [1.82, 2.24) is 9.97 Å². The Hall–Kier alpha value is -0.970. The van der Waals surface area contributed by atoms with Gasteiger partial charge in [0, 0.05) is 4.47 Å². The van der Waals surface area contributed by atoms with E-state index in [9.17, 15) is 8.78 Å². The zero-order chi connectivity index (χ0) is 8.72. The van der Waals surface area contributed by atoms with Crippen LogP contribution in [0.2, 0.25) is 0 Å². The fourth-order valence-corrected chi connectivity index (χ4v) is 1.42. The van der Waals surface area contributed by atoms with E-state index >= 15 is 0 Å². The van der Waals surface area contributed by atoms with E-state index in [1.54, 1.807) is 0 Å². The van der Waals surface area contributed by atoms with E-state index in [-0.39, 0.29) is 5.52 Å². The smallest absolute Gasteiger partial charge is 0.287 e. The molecule has 0 aliphatic carbocycles. The standard InChI is InChI=1S/C7H3BrF2N2/c8-3-1-2-4(9)6-5(3)11-7(10)12-6/h1-2H,(H,11,12). The summed E-state index contributed by atoms with van der Waals surface area (Å²) in [6.45, 7) is 0. The summed E-state index contributed by atoms with van der Waals surface area (Å²) < 4.78 is 26.0. The third-order valence-electron chi connectivity index (χ3n) is 1.52. The zero-order valence-corrected chi connectivity index (χ0v) is 7.32.